The van der Waals surface area contributed by atoms with Crippen LogP contribution in [-0.2, 0) is 12.6 Å². The lowest BCUT2D eigenvalue weighted by Gasteiger charge is -2.18. The van der Waals surface area contributed by atoms with Gasteiger partial charge in [-0.25, -0.2) is 22.0 Å². The first-order valence-corrected chi connectivity index (χ1v) is 7.07. The van der Waals surface area contributed by atoms with E-state index in [1.54, 1.807) is 0 Å². The van der Waals surface area contributed by atoms with Crippen LogP contribution in [0.1, 0.15) is 37.5 Å². The van der Waals surface area contributed by atoms with Gasteiger partial charge < -0.3 is 0 Å². The summed E-state index contributed by atoms with van der Waals surface area (Å²) in [6.45, 7) is 6.14. The summed E-state index contributed by atoms with van der Waals surface area (Å²) in [5.41, 5.74) is -3.64. The van der Waals surface area contributed by atoms with Crippen LogP contribution in [0.3, 0.4) is 0 Å². The number of alkyl halides is 3. The molecule has 2 aromatic carbocycles. The van der Waals surface area contributed by atoms with Crippen molar-refractivity contribution in [3.8, 4) is 0 Å². The molecule has 24 heavy (non-hydrogen) atoms. The first-order valence-electron chi connectivity index (χ1n) is 7.07. The highest BCUT2D eigenvalue weighted by molar-refractivity contribution is 5.93. The van der Waals surface area contributed by atoms with Gasteiger partial charge in [-0.1, -0.05) is 20.8 Å². The van der Waals surface area contributed by atoms with E-state index in [2.05, 4.69) is 0 Å². The Balaban J connectivity index is 0.00000139. The average molecular weight is 358 g/mol. The minimum absolute atomic E-state index is 0.331. The number of rotatable bonds is 1. The molecule has 0 saturated carbocycles. The Morgan fingerprint density at radius 2 is 1.21 bits per heavy atom. The molecule has 0 N–H and O–H groups in total. The van der Waals surface area contributed by atoms with Crippen LogP contribution in [0.4, 0.5) is 35.1 Å². The maximum absolute atomic E-state index is 13.9. The van der Waals surface area contributed by atoms with Crippen molar-refractivity contribution >= 4 is 10.8 Å². The van der Waals surface area contributed by atoms with Gasteiger partial charge in [0, 0.05) is 5.39 Å². The van der Waals surface area contributed by atoms with Crippen LogP contribution < -0.4 is 0 Å². The molecule has 134 valence electrons. The lowest BCUT2D eigenvalue weighted by molar-refractivity contribution is -0.139. The number of halogens is 8. The average Bonchev–Trinajstić information content (AvgIpc) is 2.53. The van der Waals surface area contributed by atoms with E-state index in [0.29, 0.717) is 0 Å². The second kappa shape index (κ2) is 6.94. The molecule has 0 radical (unpaired) electrons. The van der Waals surface area contributed by atoms with Gasteiger partial charge in [-0.2, -0.15) is 13.2 Å². The molecule has 2 rings (SSSR count). The Hall–Kier alpha value is -1.86. The molecule has 0 aromatic heterocycles. The zero-order valence-electron chi connectivity index (χ0n) is 13.2. The third kappa shape index (κ3) is 2.93. The van der Waals surface area contributed by atoms with Crippen molar-refractivity contribution in [2.75, 3.05) is 0 Å². The van der Waals surface area contributed by atoms with Gasteiger partial charge in [-0.05, 0) is 29.9 Å². The van der Waals surface area contributed by atoms with Crippen LogP contribution in [0.25, 0.3) is 10.8 Å². The van der Waals surface area contributed by atoms with Crippen molar-refractivity contribution in [3.05, 3.63) is 45.8 Å². The van der Waals surface area contributed by atoms with Gasteiger partial charge >= 0.3 is 6.18 Å². The predicted molar refractivity (Wildman–Crippen MR) is 74.2 cm³/mol. The van der Waals surface area contributed by atoms with Crippen LogP contribution >= 0.6 is 0 Å². The van der Waals surface area contributed by atoms with E-state index in [4.69, 9.17) is 0 Å². The standard InChI is InChI=1S/C14H8F8.C2H6/c1-3-5-6-4(2)9(15)13(19)11(17)7(6)8(14(20,21)22)12(18)10(5)16;1-2/h3H2,1-2H3;1-2H3. The maximum Gasteiger partial charge on any atom is 0.420 e. The topological polar surface area (TPSA) is 0 Å². The lowest BCUT2D eigenvalue weighted by Crippen LogP contribution is -2.15. The number of fused-ring (bicyclic) bond motifs is 1. The Bertz CT molecular complexity index is 775. The van der Waals surface area contributed by atoms with E-state index in [9.17, 15) is 35.1 Å². The summed E-state index contributed by atoms with van der Waals surface area (Å²) in [4.78, 5) is 0. The van der Waals surface area contributed by atoms with Crippen molar-refractivity contribution < 1.29 is 35.1 Å². The number of benzene rings is 2. The van der Waals surface area contributed by atoms with Crippen molar-refractivity contribution in [1.82, 2.24) is 0 Å². The monoisotopic (exact) mass is 358 g/mol. The zero-order valence-corrected chi connectivity index (χ0v) is 13.2. The summed E-state index contributed by atoms with van der Waals surface area (Å²) < 4.78 is 107. The van der Waals surface area contributed by atoms with Gasteiger partial charge in [0.1, 0.15) is 5.56 Å². The molecule has 0 aliphatic carbocycles. The van der Waals surface area contributed by atoms with Crippen LogP contribution in [0.5, 0.6) is 0 Å². The normalized spacial score (nSPS) is 11.5. The van der Waals surface area contributed by atoms with Gasteiger partial charge in [0.2, 0.25) is 0 Å². The molecule has 0 amide bonds. The Labute approximate surface area is 133 Å². The first-order chi connectivity index (χ1) is 11.0. The smallest absolute Gasteiger partial charge is 0.203 e. The highest BCUT2D eigenvalue weighted by atomic mass is 19.4. The molecule has 0 bridgehead atoms. The van der Waals surface area contributed by atoms with Crippen molar-refractivity contribution in [2.45, 2.75) is 40.3 Å². The van der Waals surface area contributed by atoms with Crippen molar-refractivity contribution in [1.29, 1.82) is 0 Å². The molecule has 0 spiro atoms. The molecule has 0 nitrogen and oxygen atoms in total. The first kappa shape index (κ1) is 20.2. The second-order valence-electron chi connectivity index (χ2n) is 4.65. The van der Waals surface area contributed by atoms with Crippen LogP contribution in [0, 0.1) is 36.0 Å². The van der Waals surface area contributed by atoms with Crippen molar-refractivity contribution in [2.24, 2.45) is 0 Å². The minimum atomic E-state index is -5.48. The van der Waals surface area contributed by atoms with Gasteiger partial charge in [0.15, 0.2) is 29.1 Å². The molecule has 0 saturated heterocycles. The minimum Gasteiger partial charge on any atom is -0.203 e. The molecule has 0 unspecified atom stereocenters. The fourth-order valence-corrected chi connectivity index (χ4v) is 2.45. The highest BCUT2D eigenvalue weighted by Gasteiger charge is 2.41. The van der Waals surface area contributed by atoms with Crippen LogP contribution in [0.15, 0.2) is 0 Å². The number of hydrogen-bond donors (Lipinski definition) is 0. The van der Waals surface area contributed by atoms with Crippen LogP contribution in [-0.4, -0.2) is 0 Å². The lowest BCUT2D eigenvalue weighted by atomic mass is 9.92. The summed E-state index contributed by atoms with van der Waals surface area (Å²) in [5.74, 6) is -10.3. The van der Waals surface area contributed by atoms with Crippen molar-refractivity contribution in [3.63, 3.8) is 0 Å². The maximum atomic E-state index is 13.9. The summed E-state index contributed by atoms with van der Waals surface area (Å²) >= 11 is 0. The molecule has 0 atom stereocenters. The van der Waals surface area contributed by atoms with E-state index in [1.807, 2.05) is 13.8 Å². The van der Waals surface area contributed by atoms with Gasteiger partial charge in [0.05, 0.1) is 0 Å². The molecule has 0 heterocycles. The Kier molecular flexibility index (Phi) is 5.84. The molecular formula is C16H14F8. The fourth-order valence-electron chi connectivity index (χ4n) is 2.45. The molecule has 0 aliphatic rings. The third-order valence-electron chi connectivity index (χ3n) is 3.43. The van der Waals surface area contributed by atoms with Crippen LogP contribution in [0.2, 0.25) is 0 Å². The zero-order chi connectivity index (χ0) is 19.0. The Morgan fingerprint density at radius 3 is 1.62 bits per heavy atom. The molecule has 8 heteroatoms. The summed E-state index contributed by atoms with van der Waals surface area (Å²) in [7, 11) is 0. The van der Waals surface area contributed by atoms with E-state index < -0.39 is 62.7 Å². The third-order valence-corrected chi connectivity index (χ3v) is 3.43. The number of hydrogen-bond acceptors (Lipinski definition) is 0. The molecule has 0 aliphatic heterocycles. The predicted octanol–water partition coefficient (Wildman–Crippen LogP) is 6.45. The van der Waals surface area contributed by atoms with E-state index in [1.165, 1.54) is 6.92 Å². The van der Waals surface area contributed by atoms with Gasteiger partial charge in [-0.3, -0.25) is 0 Å². The molecule has 0 fully saturated rings. The Morgan fingerprint density at radius 1 is 0.708 bits per heavy atom. The SMILES string of the molecule is CC.CCc1c(F)c(F)c(C(F)(F)F)c2c(F)c(F)c(F)c(C)c12. The molecular weight excluding hydrogens is 344 g/mol. The highest BCUT2D eigenvalue weighted by Crippen LogP contribution is 2.43. The summed E-state index contributed by atoms with van der Waals surface area (Å²) in [6.07, 6.45) is -5.81. The van der Waals surface area contributed by atoms with Gasteiger partial charge in [-0.15, -0.1) is 0 Å². The fraction of sp³-hybridized carbons (Fsp3) is 0.375. The van der Waals surface area contributed by atoms with Gasteiger partial charge in [0.25, 0.3) is 0 Å². The summed E-state index contributed by atoms with van der Waals surface area (Å²) in [6, 6.07) is 0. The summed E-state index contributed by atoms with van der Waals surface area (Å²) in [5, 5.41) is -2.30. The number of aryl methyl sites for hydroxylation is 2. The second-order valence-corrected chi connectivity index (χ2v) is 4.65. The largest absolute Gasteiger partial charge is 0.420 e. The van der Waals surface area contributed by atoms with E-state index in [0.717, 1.165) is 6.92 Å². The quantitative estimate of drug-likeness (QED) is 0.406. The molecule has 2 aromatic rings. The van der Waals surface area contributed by atoms with E-state index >= 15 is 0 Å². The van der Waals surface area contributed by atoms with E-state index in [-0.39, 0.29) is 6.42 Å².